The Morgan fingerprint density at radius 3 is 2.73 bits per heavy atom. The number of benzene rings is 1. The summed E-state index contributed by atoms with van der Waals surface area (Å²) in [5.41, 5.74) is 3.92. The molecular weight excluding hydrogens is 324 g/mol. The van der Waals surface area contributed by atoms with E-state index in [4.69, 9.17) is 4.74 Å². The van der Waals surface area contributed by atoms with Crippen LogP contribution in [0.4, 0.5) is 0 Å². The van der Waals surface area contributed by atoms with Crippen LogP contribution in [0.15, 0.2) is 24.8 Å². The number of fused-ring (bicyclic) bond motifs is 2. The molecule has 0 unspecified atom stereocenters. The molecule has 0 aromatic heterocycles. The highest BCUT2D eigenvalue weighted by Gasteiger charge is 2.69. The van der Waals surface area contributed by atoms with Crippen LogP contribution in [0.1, 0.15) is 79.7 Å². The zero-order valence-corrected chi connectivity index (χ0v) is 16.3. The molecule has 0 amide bonds. The Hall–Kier alpha value is -1.16. The van der Waals surface area contributed by atoms with Gasteiger partial charge in [-0.3, -0.25) is 0 Å². The summed E-state index contributed by atoms with van der Waals surface area (Å²) >= 11 is 0. The van der Waals surface area contributed by atoms with Crippen LogP contribution < -0.4 is 0 Å². The normalized spacial score (nSPS) is 39.7. The summed E-state index contributed by atoms with van der Waals surface area (Å²) in [4.78, 5) is 0. The van der Waals surface area contributed by atoms with E-state index in [1.54, 1.807) is 6.92 Å². The van der Waals surface area contributed by atoms with E-state index in [0.29, 0.717) is 5.92 Å². The first-order valence-corrected chi connectivity index (χ1v) is 10.1. The highest BCUT2D eigenvalue weighted by atomic mass is 16.5. The van der Waals surface area contributed by atoms with Crippen molar-refractivity contribution in [3.8, 4) is 0 Å². The summed E-state index contributed by atoms with van der Waals surface area (Å²) in [5.74, 6) is 0.361. The van der Waals surface area contributed by atoms with Crippen LogP contribution in [0.5, 0.6) is 0 Å². The van der Waals surface area contributed by atoms with Gasteiger partial charge in [0.1, 0.15) is 11.7 Å². The molecule has 2 N–H and O–H groups in total. The average Bonchev–Trinajstić information content (AvgIpc) is 2.84. The largest absolute Gasteiger partial charge is 0.391 e. The maximum absolute atomic E-state index is 11.9. The molecule has 0 radical (unpaired) electrons. The van der Waals surface area contributed by atoms with Crippen LogP contribution in [0.3, 0.4) is 0 Å². The first-order chi connectivity index (χ1) is 12.3. The SMILES string of the molecule is C=CC[C@H]1C[C@]23CCCC[C@@]2(O)[C@H]([C@H](C)O)O[C@@H]3c2cc(C)cc(C)c21. The Labute approximate surface area is 157 Å². The van der Waals surface area contributed by atoms with Gasteiger partial charge >= 0.3 is 0 Å². The zero-order valence-electron chi connectivity index (χ0n) is 16.3. The molecule has 26 heavy (non-hydrogen) atoms. The molecule has 3 aliphatic rings. The number of allylic oxidation sites excluding steroid dienone is 1. The quantitative estimate of drug-likeness (QED) is 0.785. The molecule has 1 aromatic rings. The first-order valence-electron chi connectivity index (χ1n) is 10.1. The van der Waals surface area contributed by atoms with Gasteiger partial charge in [-0.25, -0.2) is 0 Å². The van der Waals surface area contributed by atoms with Crippen LogP contribution in [0, 0.1) is 19.3 Å². The molecule has 0 bridgehead atoms. The molecular formula is C23H32O3. The van der Waals surface area contributed by atoms with E-state index in [-0.39, 0.29) is 11.5 Å². The van der Waals surface area contributed by atoms with Crippen molar-refractivity contribution in [2.45, 2.75) is 89.1 Å². The summed E-state index contributed by atoms with van der Waals surface area (Å²) in [6.07, 6.45) is 6.35. The van der Waals surface area contributed by atoms with Crippen LogP contribution in [-0.4, -0.2) is 28.0 Å². The van der Waals surface area contributed by atoms with Gasteiger partial charge in [-0.1, -0.05) is 36.6 Å². The van der Waals surface area contributed by atoms with Gasteiger partial charge in [-0.15, -0.1) is 6.58 Å². The van der Waals surface area contributed by atoms with E-state index in [1.165, 1.54) is 22.3 Å². The van der Waals surface area contributed by atoms with Crippen LogP contribution in [-0.2, 0) is 4.74 Å². The summed E-state index contributed by atoms with van der Waals surface area (Å²) in [5, 5.41) is 22.3. The topological polar surface area (TPSA) is 49.7 Å². The second-order valence-electron chi connectivity index (χ2n) is 8.97. The second kappa shape index (κ2) is 6.19. The molecule has 2 fully saturated rings. The third kappa shape index (κ3) is 2.30. The molecule has 1 saturated heterocycles. The summed E-state index contributed by atoms with van der Waals surface area (Å²) in [6.45, 7) is 10.1. The predicted molar refractivity (Wildman–Crippen MR) is 103 cm³/mol. The van der Waals surface area contributed by atoms with Crippen molar-refractivity contribution >= 4 is 0 Å². The lowest BCUT2D eigenvalue weighted by molar-refractivity contribution is -0.140. The smallest absolute Gasteiger partial charge is 0.113 e. The second-order valence-corrected chi connectivity index (χ2v) is 8.97. The Balaban J connectivity index is 1.93. The molecule has 1 saturated carbocycles. The fourth-order valence-electron chi connectivity index (χ4n) is 6.47. The minimum absolute atomic E-state index is 0.123. The van der Waals surface area contributed by atoms with E-state index in [9.17, 15) is 10.2 Å². The van der Waals surface area contributed by atoms with Crippen molar-refractivity contribution < 1.29 is 14.9 Å². The van der Waals surface area contributed by atoms with Crippen molar-refractivity contribution in [3.05, 3.63) is 47.0 Å². The van der Waals surface area contributed by atoms with E-state index < -0.39 is 17.8 Å². The Morgan fingerprint density at radius 1 is 1.31 bits per heavy atom. The maximum Gasteiger partial charge on any atom is 0.113 e. The number of ether oxygens (including phenoxy) is 1. The van der Waals surface area contributed by atoms with Gasteiger partial charge in [-0.05, 0) is 69.1 Å². The van der Waals surface area contributed by atoms with E-state index in [0.717, 1.165) is 38.5 Å². The van der Waals surface area contributed by atoms with Crippen molar-refractivity contribution in [2.75, 3.05) is 0 Å². The van der Waals surface area contributed by atoms with Gasteiger partial charge in [0.05, 0.1) is 12.2 Å². The lowest BCUT2D eigenvalue weighted by Gasteiger charge is -2.53. The van der Waals surface area contributed by atoms with Crippen molar-refractivity contribution in [3.63, 3.8) is 0 Å². The number of hydrogen-bond acceptors (Lipinski definition) is 3. The third-order valence-electron chi connectivity index (χ3n) is 7.30. The minimum atomic E-state index is -0.946. The Kier molecular flexibility index (Phi) is 4.33. The van der Waals surface area contributed by atoms with E-state index in [1.807, 2.05) is 6.08 Å². The van der Waals surface area contributed by atoms with Crippen LogP contribution in [0.25, 0.3) is 0 Å². The molecule has 3 heteroatoms. The minimum Gasteiger partial charge on any atom is -0.391 e. The summed E-state index contributed by atoms with van der Waals surface area (Å²) in [7, 11) is 0. The summed E-state index contributed by atoms with van der Waals surface area (Å²) < 4.78 is 6.50. The van der Waals surface area contributed by atoms with Gasteiger partial charge in [0.2, 0.25) is 0 Å². The van der Waals surface area contributed by atoms with Gasteiger partial charge in [-0.2, -0.15) is 0 Å². The Morgan fingerprint density at radius 2 is 2.04 bits per heavy atom. The standard InChI is InChI=1S/C23H32O3/c1-5-8-17-13-22-9-6-7-10-23(22,25)20(16(4)24)26-21(22)18-12-14(2)11-15(3)19(17)18/h5,11-12,16-17,20-21,24-25H,1,6-10,13H2,2-4H3/t16-,17-,20-,21+,22-,23+/m0/s1. The van der Waals surface area contributed by atoms with E-state index in [2.05, 4.69) is 32.6 Å². The van der Waals surface area contributed by atoms with Crippen molar-refractivity contribution in [1.82, 2.24) is 0 Å². The van der Waals surface area contributed by atoms with Crippen LogP contribution >= 0.6 is 0 Å². The number of aliphatic hydroxyl groups is 2. The molecule has 142 valence electrons. The maximum atomic E-state index is 11.9. The zero-order chi connectivity index (χ0) is 18.7. The monoisotopic (exact) mass is 356 g/mol. The molecule has 3 nitrogen and oxygen atoms in total. The number of aliphatic hydroxyl groups excluding tert-OH is 1. The molecule has 1 spiro atoms. The van der Waals surface area contributed by atoms with Gasteiger partial charge in [0.15, 0.2) is 0 Å². The molecule has 1 aromatic carbocycles. The molecule has 1 aliphatic heterocycles. The molecule has 4 rings (SSSR count). The average molecular weight is 357 g/mol. The van der Waals surface area contributed by atoms with Crippen LogP contribution in [0.2, 0.25) is 0 Å². The Bertz CT molecular complexity index is 724. The van der Waals surface area contributed by atoms with Gasteiger partial charge < -0.3 is 14.9 Å². The number of rotatable bonds is 3. The van der Waals surface area contributed by atoms with E-state index >= 15 is 0 Å². The fourth-order valence-corrected chi connectivity index (χ4v) is 6.47. The molecule has 2 aliphatic carbocycles. The van der Waals surface area contributed by atoms with Crippen molar-refractivity contribution in [1.29, 1.82) is 0 Å². The van der Waals surface area contributed by atoms with Gasteiger partial charge in [0, 0.05) is 5.41 Å². The number of hydrogen-bond donors (Lipinski definition) is 2. The lowest BCUT2D eigenvalue weighted by atomic mass is 9.52. The number of aryl methyl sites for hydroxylation is 2. The molecule has 6 atom stereocenters. The summed E-state index contributed by atoms with van der Waals surface area (Å²) in [6, 6.07) is 4.50. The van der Waals surface area contributed by atoms with Crippen molar-refractivity contribution in [2.24, 2.45) is 5.41 Å². The lowest BCUT2D eigenvalue weighted by Crippen LogP contribution is -2.57. The first kappa shape index (κ1) is 18.2. The predicted octanol–water partition coefficient (Wildman–Crippen LogP) is 4.48. The fraction of sp³-hybridized carbons (Fsp3) is 0.652. The highest BCUT2D eigenvalue weighted by Crippen LogP contribution is 2.68. The van der Waals surface area contributed by atoms with Gasteiger partial charge in [0.25, 0.3) is 0 Å². The highest BCUT2D eigenvalue weighted by molar-refractivity contribution is 5.47. The molecule has 1 heterocycles. The third-order valence-corrected chi connectivity index (χ3v) is 7.30.